The number of hydrogen-bond acceptors (Lipinski definition) is 3. The van der Waals surface area contributed by atoms with Crippen LogP contribution in [0.5, 0.6) is 5.75 Å². The van der Waals surface area contributed by atoms with Crippen molar-refractivity contribution in [2.75, 3.05) is 23.9 Å². The molecule has 0 saturated heterocycles. The molecule has 1 amide bonds. The number of hydrogen-bond donors (Lipinski definition) is 1. The molecule has 1 N–H and O–H groups in total. The Hall–Kier alpha value is -1.16. The summed E-state index contributed by atoms with van der Waals surface area (Å²) in [6.07, 6.45) is 1.90. The first-order chi connectivity index (χ1) is 7.27. The number of nitrogens with one attached hydrogen (secondary N) is 1. The van der Waals surface area contributed by atoms with E-state index in [9.17, 15) is 4.79 Å². The van der Waals surface area contributed by atoms with Gasteiger partial charge in [-0.1, -0.05) is 12.1 Å². The molecule has 15 heavy (non-hydrogen) atoms. The predicted octanol–water partition coefficient (Wildman–Crippen LogP) is 2.39. The fraction of sp³-hybridized carbons (Fsp3) is 0.364. The van der Waals surface area contributed by atoms with Gasteiger partial charge in [0.25, 0.3) is 0 Å². The van der Waals surface area contributed by atoms with Crippen molar-refractivity contribution in [2.45, 2.75) is 6.92 Å². The van der Waals surface area contributed by atoms with Crippen LogP contribution in [0.2, 0.25) is 0 Å². The third kappa shape index (κ3) is 3.83. The standard InChI is InChI=1S/C11H15NO2S/c1-3-14-10-7-5-4-6-9(10)12-11(13)8-15-2/h4-7H,3,8H2,1-2H3,(H,12,13). The van der Waals surface area contributed by atoms with Crippen LogP contribution in [0.1, 0.15) is 6.92 Å². The number of rotatable bonds is 5. The summed E-state index contributed by atoms with van der Waals surface area (Å²) in [6.45, 7) is 2.51. The van der Waals surface area contributed by atoms with Gasteiger partial charge in [-0.25, -0.2) is 0 Å². The molecule has 0 aromatic heterocycles. The van der Waals surface area contributed by atoms with E-state index < -0.39 is 0 Å². The summed E-state index contributed by atoms with van der Waals surface area (Å²) in [6, 6.07) is 7.44. The molecule has 1 rings (SSSR count). The minimum absolute atomic E-state index is 0.00495. The molecule has 0 fully saturated rings. The largest absolute Gasteiger partial charge is 0.492 e. The number of amides is 1. The lowest BCUT2D eigenvalue weighted by molar-refractivity contribution is -0.113. The van der Waals surface area contributed by atoms with Gasteiger partial charge in [-0.3, -0.25) is 4.79 Å². The Balaban J connectivity index is 2.70. The lowest BCUT2D eigenvalue weighted by atomic mass is 10.3. The van der Waals surface area contributed by atoms with Crippen LogP contribution < -0.4 is 10.1 Å². The molecule has 4 heteroatoms. The normalized spacial score (nSPS) is 9.73. The molecule has 0 heterocycles. The van der Waals surface area contributed by atoms with Crippen molar-refractivity contribution in [1.82, 2.24) is 0 Å². The highest BCUT2D eigenvalue weighted by atomic mass is 32.2. The third-order valence-electron chi connectivity index (χ3n) is 1.74. The minimum Gasteiger partial charge on any atom is -0.492 e. The van der Waals surface area contributed by atoms with Crippen molar-refractivity contribution in [3.8, 4) is 5.75 Å². The summed E-state index contributed by atoms with van der Waals surface area (Å²) in [5.41, 5.74) is 0.735. The van der Waals surface area contributed by atoms with Gasteiger partial charge in [0.2, 0.25) is 5.91 Å². The average molecular weight is 225 g/mol. The van der Waals surface area contributed by atoms with Crippen LogP contribution >= 0.6 is 11.8 Å². The summed E-state index contributed by atoms with van der Waals surface area (Å²) in [4.78, 5) is 11.4. The maximum atomic E-state index is 11.4. The molecule has 1 aromatic carbocycles. The highest BCUT2D eigenvalue weighted by Gasteiger charge is 2.05. The van der Waals surface area contributed by atoms with Gasteiger partial charge in [0.15, 0.2) is 0 Å². The van der Waals surface area contributed by atoms with Crippen LogP contribution in [0.3, 0.4) is 0 Å². The summed E-state index contributed by atoms with van der Waals surface area (Å²) >= 11 is 1.50. The van der Waals surface area contributed by atoms with Gasteiger partial charge < -0.3 is 10.1 Å². The van der Waals surface area contributed by atoms with E-state index in [1.165, 1.54) is 11.8 Å². The Morgan fingerprint density at radius 2 is 2.20 bits per heavy atom. The number of para-hydroxylation sites is 2. The Bertz CT molecular complexity index is 328. The number of ether oxygens (including phenoxy) is 1. The van der Waals surface area contributed by atoms with E-state index in [0.717, 1.165) is 11.4 Å². The van der Waals surface area contributed by atoms with E-state index >= 15 is 0 Å². The van der Waals surface area contributed by atoms with Crippen LogP contribution in [0.4, 0.5) is 5.69 Å². The van der Waals surface area contributed by atoms with Crippen LogP contribution in [0.25, 0.3) is 0 Å². The van der Waals surface area contributed by atoms with Crippen LogP contribution in [0, 0.1) is 0 Å². The van der Waals surface area contributed by atoms with Crippen molar-refractivity contribution in [2.24, 2.45) is 0 Å². The molecular formula is C11H15NO2S. The van der Waals surface area contributed by atoms with Gasteiger partial charge in [0.05, 0.1) is 18.0 Å². The number of anilines is 1. The van der Waals surface area contributed by atoms with Crippen LogP contribution in [-0.2, 0) is 4.79 Å². The molecule has 0 aliphatic rings. The van der Waals surface area contributed by atoms with Crippen molar-refractivity contribution < 1.29 is 9.53 Å². The monoisotopic (exact) mass is 225 g/mol. The maximum Gasteiger partial charge on any atom is 0.234 e. The average Bonchev–Trinajstić information content (AvgIpc) is 2.21. The molecule has 1 aromatic rings. The molecular weight excluding hydrogens is 210 g/mol. The molecule has 0 saturated carbocycles. The maximum absolute atomic E-state index is 11.4. The van der Waals surface area contributed by atoms with E-state index in [1.54, 1.807) is 0 Å². The molecule has 3 nitrogen and oxygen atoms in total. The Morgan fingerprint density at radius 3 is 2.87 bits per heavy atom. The van der Waals surface area contributed by atoms with Gasteiger partial charge in [-0.2, -0.15) is 11.8 Å². The molecule has 0 spiro atoms. The second-order valence-electron chi connectivity index (χ2n) is 2.91. The first-order valence-corrected chi connectivity index (χ1v) is 6.18. The fourth-order valence-electron chi connectivity index (χ4n) is 1.17. The second kappa shape index (κ2) is 6.35. The van der Waals surface area contributed by atoms with Crippen molar-refractivity contribution in [1.29, 1.82) is 0 Å². The summed E-state index contributed by atoms with van der Waals surface area (Å²) in [7, 11) is 0. The third-order valence-corrected chi connectivity index (χ3v) is 2.29. The lowest BCUT2D eigenvalue weighted by Gasteiger charge is -2.10. The van der Waals surface area contributed by atoms with Crippen molar-refractivity contribution >= 4 is 23.4 Å². The van der Waals surface area contributed by atoms with Gasteiger partial charge in [0, 0.05) is 0 Å². The molecule has 0 radical (unpaired) electrons. The molecule has 82 valence electrons. The van der Waals surface area contributed by atoms with Crippen LogP contribution in [-0.4, -0.2) is 24.5 Å². The van der Waals surface area contributed by atoms with E-state index in [2.05, 4.69) is 5.32 Å². The Kier molecular flexibility index (Phi) is 5.04. The van der Waals surface area contributed by atoms with E-state index in [0.29, 0.717) is 12.4 Å². The predicted molar refractivity (Wildman–Crippen MR) is 64.6 cm³/mol. The Morgan fingerprint density at radius 1 is 1.47 bits per heavy atom. The topological polar surface area (TPSA) is 38.3 Å². The molecule has 0 aliphatic carbocycles. The first-order valence-electron chi connectivity index (χ1n) is 4.78. The van der Waals surface area contributed by atoms with Crippen molar-refractivity contribution in [3.05, 3.63) is 24.3 Å². The quantitative estimate of drug-likeness (QED) is 0.836. The van der Waals surface area contributed by atoms with E-state index in [-0.39, 0.29) is 5.91 Å². The number of carbonyl (C=O) groups excluding carboxylic acids is 1. The van der Waals surface area contributed by atoms with E-state index in [1.807, 2.05) is 37.4 Å². The molecule has 0 aliphatic heterocycles. The minimum atomic E-state index is -0.00495. The number of thioether (sulfide) groups is 1. The molecule has 0 atom stereocenters. The summed E-state index contributed by atoms with van der Waals surface area (Å²) in [5.74, 6) is 1.17. The van der Waals surface area contributed by atoms with Gasteiger partial charge in [0.1, 0.15) is 5.75 Å². The Labute approximate surface area is 94.2 Å². The SMILES string of the molecule is CCOc1ccccc1NC(=O)CSC. The highest BCUT2D eigenvalue weighted by Crippen LogP contribution is 2.23. The summed E-state index contributed by atoms with van der Waals surface area (Å²) in [5, 5.41) is 2.81. The number of carbonyl (C=O) groups is 1. The number of benzene rings is 1. The van der Waals surface area contributed by atoms with Crippen molar-refractivity contribution in [3.63, 3.8) is 0 Å². The van der Waals surface area contributed by atoms with Gasteiger partial charge >= 0.3 is 0 Å². The zero-order valence-electron chi connectivity index (χ0n) is 8.95. The lowest BCUT2D eigenvalue weighted by Crippen LogP contribution is -2.14. The van der Waals surface area contributed by atoms with Gasteiger partial charge in [-0.05, 0) is 25.3 Å². The molecule has 0 unspecified atom stereocenters. The fourth-order valence-corrected chi connectivity index (χ4v) is 1.50. The summed E-state index contributed by atoms with van der Waals surface area (Å²) < 4.78 is 5.39. The smallest absolute Gasteiger partial charge is 0.234 e. The zero-order chi connectivity index (χ0) is 11.1. The first kappa shape index (κ1) is 11.9. The van der Waals surface area contributed by atoms with E-state index in [4.69, 9.17) is 4.74 Å². The highest BCUT2D eigenvalue weighted by molar-refractivity contribution is 7.99. The van der Waals surface area contributed by atoms with Gasteiger partial charge in [-0.15, -0.1) is 0 Å². The second-order valence-corrected chi connectivity index (χ2v) is 3.78. The van der Waals surface area contributed by atoms with Crippen LogP contribution in [0.15, 0.2) is 24.3 Å². The zero-order valence-corrected chi connectivity index (χ0v) is 9.76. The molecule has 0 bridgehead atoms.